The van der Waals surface area contributed by atoms with Gasteiger partial charge in [0.1, 0.15) is 0 Å². The van der Waals surface area contributed by atoms with Crippen LogP contribution in [0.5, 0.6) is 0 Å². The molecule has 120 valence electrons. The molecule has 0 saturated carbocycles. The lowest BCUT2D eigenvalue weighted by molar-refractivity contribution is 0.0963. The smallest absolute Gasteiger partial charge is 0.319 e. The highest BCUT2D eigenvalue weighted by Crippen LogP contribution is 2.20. The first-order valence-corrected chi connectivity index (χ1v) is 7.58. The van der Waals surface area contributed by atoms with Crippen LogP contribution in [0.1, 0.15) is 15.9 Å². The van der Waals surface area contributed by atoms with Gasteiger partial charge in [0.15, 0.2) is 0 Å². The van der Waals surface area contributed by atoms with E-state index < -0.39 is 0 Å². The van der Waals surface area contributed by atoms with Gasteiger partial charge in [-0.2, -0.15) is 0 Å². The second-order valence-corrected chi connectivity index (χ2v) is 5.30. The third kappa shape index (κ3) is 5.00. The Labute approximate surface area is 140 Å². The number of amides is 3. The van der Waals surface area contributed by atoms with E-state index in [-0.39, 0.29) is 17.0 Å². The van der Waals surface area contributed by atoms with E-state index in [1.54, 1.807) is 18.2 Å². The van der Waals surface area contributed by atoms with Crippen LogP contribution >= 0.6 is 11.6 Å². The standard InChI is InChI=1S/C17H18ClN3O2/c1-19-16(22)14-8-7-13(11-15(14)18)21-17(23)20-10-9-12-5-3-2-4-6-12/h2-8,11H,9-10H2,1H3,(H,19,22)(H2,20,21,23). The molecule has 0 atom stereocenters. The quantitative estimate of drug-likeness (QED) is 0.788. The zero-order valence-corrected chi connectivity index (χ0v) is 13.5. The maximum absolute atomic E-state index is 11.8. The molecule has 23 heavy (non-hydrogen) atoms. The van der Waals surface area contributed by atoms with Gasteiger partial charge < -0.3 is 16.0 Å². The molecular weight excluding hydrogens is 314 g/mol. The van der Waals surface area contributed by atoms with Gasteiger partial charge in [0.2, 0.25) is 0 Å². The van der Waals surface area contributed by atoms with Gasteiger partial charge in [-0.05, 0) is 30.2 Å². The second kappa shape index (κ2) is 8.19. The number of benzene rings is 2. The van der Waals surface area contributed by atoms with E-state index in [1.807, 2.05) is 30.3 Å². The van der Waals surface area contributed by atoms with E-state index in [9.17, 15) is 9.59 Å². The van der Waals surface area contributed by atoms with Gasteiger partial charge in [-0.1, -0.05) is 41.9 Å². The zero-order valence-electron chi connectivity index (χ0n) is 12.7. The van der Waals surface area contributed by atoms with Crippen LogP contribution in [0, 0.1) is 0 Å². The first kappa shape index (κ1) is 16.8. The number of nitrogens with one attached hydrogen (secondary N) is 3. The Morgan fingerprint density at radius 3 is 2.48 bits per heavy atom. The summed E-state index contributed by atoms with van der Waals surface area (Å²) in [5.74, 6) is -0.270. The van der Waals surface area contributed by atoms with E-state index in [1.165, 1.54) is 7.05 Å². The molecule has 0 unspecified atom stereocenters. The summed E-state index contributed by atoms with van der Waals surface area (Å²) in [5.41, 5.74) is 2.05. The predicted molar refractivity (Wildman–Crippen MR) is 92.0 cm³/mol. The van der Waals surface area contributed by atoms with Gasteiger partial charge in [-0.25, -0.2) is 4.79 Å². The Morgan fingerprint density at radius 2 is 1.83 bits per heavy atom. The Morgan fingerprint density at radius 1 is 1.09 bits per heavy atom. The van der Waals surface area contributed by atoms with Gasteiger partial charge in [0, 0.05) is 19.3 Å². The number of anilines is 1. The lowest BCUT2D eigenvalue weighted by Gasteiger charge is -2.09. The van der Waals surface area contributed by atoms with Crippen molar-refractivity contribution in [3.63, 3.8) is 0 Å². The number of carbonyl (C=O) groups is 2. The van der Waals surface area contributed by atoms with Gasteiger partial charge in [-0.3, -0.25) is 4.79 Å². The van der Waals surface area contributed by atoms with Crippen molar-refractivity contribution in [3.05, 3.63) is 64.7 Å². The fourth-order valence-electron chi connectivity index (χ4n) is 2.05. The topological polar surface area (TPSA) is 70.2 Å². The van der Waals surface area contributed by atoms with Crippen molar-refractivity contribution in [1.29, 1.82) is 0 Å². The molecule has 2 aromatic rings. The molecule has 0 aromatic heterocycles. The van der Waals surface area contributed by atoms with Gasteiger partial charge >= 0.3 is 6.03 Å². The average Bonchev–Trinajstić information content (AvgIpc) is 2.55. The second-order valence-electron chi connectivity index (χ2n) is 4.89. The molecule has 2 aromatic carbocycles. The number of rotatable bonds is 5. The number of hydrogen-bond donors (Lipinski definition) is 3. The van der Waals surface area contributed by atoms with Crippen LogP contribution in [0.15, 0.2) is 48.5 Å². The normalized spacial score (nSPS) is 10.0. The van der Waals surface area contributed by atoms with Crippen LogP contribution < -0.4 is 16.0 Å². The summed E-state index contributed by atoms with van der Waals surface area (Å²) < 4.78 is 0. The maximum atomic E-state index is 11.8. The number of hydrogen-bond acceptors (Lipinski definition) is 2. The number of carbonyl (C=O) groups excluding carboxylic acids is 2. The SMILES string of the molecule is CNC(=O)c1ccc(NC(=O)NCCc2ccccc2)cc1Cl. The molecule has 0 aliphatic heterocycles. The molecule has 0 aliphatic rings. The highest BCUT2D eigenvalue weighted by atomic mass is 35.5. The van der Waals surface area contributed by atoms with E-state index in [4.69, 9.17) is 11.6 Å². The summed E-state index contributed by atoms with van der Waals surface area (Å²) in [4.78, 5) is 23.4. The van der Waals surface area contributed by atoms with Crippen molar-refractivity contribution in [1.82, 2.24) is 10.6 Å². The fraction of sp³-hybridized carbons (Fsp3) is 0.176. The molecule has 0 bridgehead atoms. The molecule has 0 spiro atoms. The Bertz CT molecular complexity index is 689. The van der Waals surface area contributed by atoms with E-state index in [2.05, 4.69) is 16.0 Å². The lowest BCUT2D eigenvalue weighted by atomic mass is 10.1. The van der Waals surface area contributed by atoms with E-state index in [0.29, 0.717) is 17.8 Å². The Hall–Kier alpha value is -2.53. The van der Waals surface area contributed by atoms with Crippen molar-refractivity contribution in [2.75, 3.05) is 18.9 Å². The summed E-state index contributed by atoms with van der Waals surface area (Å²) in [6.07, 6.45) is 0.755. The van der Waals surface area contributed by atoms with Crippen molar-refractivity contribution in [2.45, 2.75) is 6.42 Å². The van der Waals surface area contributed by atoms with Gasteiger partial charge in [0.25, 0.3) is 5.91 Å². The molecule has 0 heterocycles. The molecule has 0 radical (unpaired) electrons. The summed E-state index contributed by atoms with van der Waals surface area (Å²) in [6, 6.07) is 14.3. The first-order chi connectivity index (χ1) is 11.1. The summed E-state index contributed by atoms with van der Waals surface area (Å²) in [5, 5.41) is 8.25. The van der Waals surface area contributed by atoms with Crippen molar-refractivity contribution in [2.24, 2.45) is 0 Å². The minimum absolute atomic E-state index is 0.270. The maximum Gasteiger partial charge on any atom is 0.319 e. The number of urea groups is 1. The molecule has 3 amide bonds. The van der Waals surface area contributed by atoms with Gasteiger partial charge in [-0.15, -0.1) is 0 Å². The van der Waals surface area contributed by atoms with E-state index in [0.717, 1.165) is 12.0 Å². The largest absolute Gasteiger partial charge is 0.355 e. The minimum atomic E-state index is -0.315. The minimum Gasteiger partial charge on any atom is -0.355 e. The Kier molecular flexibility index (Phi) is 6.00. The van der Waals surface area contributed by atoms with Crippen LogP contribution in [0.25, 0.3) is 0 Å². The van der Waals surface area contributed by atoms with Crippen molar-refractivity contribution in [3.8, 4) is 0 Å². The highest BCUT2D eigenvalue weighted by molar-refractivity contribution is 6.34. The van der Waals surface area contributed by atoms with E-state index >= 15 is 0 Å². The monoisotopic (exact) mass is 331 g/mol. The molecule has 0 saturated heterocycles. The third-order valence-corrected chi connectivity index (χ3v) is 3.55. The third-order valence-electron chi connectivity index (χ3n) is 3.24. The predicted octanol–water partition coefficient (Wildman–Crippen LogP) is 3.06. The molecule has 0 aliphatic carbocycles. The summed E-state index contributed by atoms with van der Waals surface area (Å²) in [6.45, 7) is 0.528. The summed E-state index contributed by atoms with van der Waals surface area (Å²) >= 11 is 6.04. The molecule has 2 rings (SSSR count). The molecule has 5 nitrogen and oxygen atoms in total. The molecule has 0 fully saturated rings. The zero-order chi connectivity index (χ0) is 16.7. The van der Waals surface area contributed by atoms with Gasteiger partial charge in [0.05, 0.1) is 10.6 Å². The first-order valence-electron chi connectivity index (χ1n) is 7.20. The lowest BCUT2D eigenvalue weighted by Crippen LogP contribution is -2.30. The summed E-state index contributed by atoms with van der Waals surface area (Å²) in [7, 11) is 1.53. The van der Waals surface area contributed by atoms with Crippen LogP contribution in [-0.4, -0.2) is 25.5 Å². The fourth-order valence-corrected chi connectivity index (χ4v) is 2.32. The average molecular weight is 332 g/mol. The Balaban J connectivity index is 1.85. The number of halogens is 1. The van der Waals surface area contributed by atoms with Crippen LogP contribution in [0.3, 0.4) is 0 Å². The molecule has 6 heteroatoms. The van der Waals surface area contributed by atoms with Crippen molar-refractivity contribution < 1.29 is 9.59 Å². The highest BCUT2D eigenvalue weighted by Gasteiger charge is 2.10. The van der Waals surface area contributed by atoms with Crippen LogP contribution in [0.4, 0.5) is 10.5 Å². The molecular formula is C17H18ClN3O2. The molecule has 3 N–H and O–H groups in total. The van der Waals surface area contributed by atoms with Crippen molar-refractivity contribution >= 4 is 29.2 Å². The van der Waals surface area contributed by atoms with Crippen LogP contribution in [0.2, 0.25) is 5.02 Å². The van der Waals surface area contributed by atoms with Crippen LogP contribution in [-0.2, 0) is 6.42 Å².